The van der Waals surface area contributed by atoms with Gasteiger partial charge in [0.1, 0.15) is 11.4 Å². The second-order valence-corrected chi connectivity index (χ2v) is 4.56. The first-order chi connectivity index (χ1) is 7.21. The molecule has 1 atom stereocenters. The Balaban J connectivity index is 2.38. The van der Waals surface area contributed by atoms with Crippen molar-refractivity contribution >= 4 is 15.9 Å². The third-order valence-corrected chi connectivity index (χ3v) is 3.46. The van der Waals surface area contributed by atoms with Gasteiger partial charge in [0.2, 0.25) is 0 Å². The van der Waals surface area contributed by atoms with Crippen molar-refractivity contribution in [3.8, 4) is 0 Å². The Morgan fingerprint density at radius 3 is 2.87 bits per heavy atom. The zero-order valence-electron chi connectivity index (χ0n) is 9.16. The number of nitrogens with zero attached hydrogens (tertiary/aromatic N) is 3. The van der Waals surface area contributed by atoms with Crippen LogP contribution in [-0.2, 0) is 22.2 Å². The maximum Gasteiger partial charge on any atom is 0.165 e. The Hall–Kier alpha value is -0.420. The van der Waals surface area contributed by atoms with Gasteiger partial charge in [-0.05, 0) is 26.7 Å². The van der Waals surface area contributed by atoms with Gasteiger partial charge in [-0.3, -0.25) is 0 Å². The molecule has 1 aromatic heterocycles. The van der Waals surface area contributed by atoms with Crippen LogP contribution in [0.25, 0.3) is 0 Å². The highest BCUT2D eigenvalue weighted by Gasteiger charge is 2.37. The molecule has 1 unspecified atom stereocenters. The number of alkyl halides is 1. The molecule has 1 aliphatic rings. The standard InChI is InChI=1S/C10H16BrN3O/c1-3-14-8(7-11)12-13-9(14)10(2)5-4-6-15-10/h3-7H2,1-2H3. The first kappa shape index (κ1) is 11.1. The van der Waals surface area contributed by atoms with Crippen LogP contribution in [0.4, 0.5) is 0 Å². The summed E-state index contributed by atoms with van der Waals surface area (Å²) in [6.45, 7) is 5.93. The highest BCUT2D eigenvalue weighted by molar-refractivity contribution is 9.08. The Bertz CT molecular complexity index is 344. The van der Waals surface area contributed by atoms with Crippen LogP contribution in [0, 0.1) is 0 Å². The fourth-order valence-electron chi connectivity index (χ4n) is 2.11. The molecule has 1 saturated heterocycles. The van der Waals surface area contributed by atoms with Crippen LogP contribution >= 0.6 is 15.9 Å². The van der Waals surface area contributed by atoms with Crippen molar-refractivity contribution in [2.75, 3.05) is 6.61 Å². The van der Waals surface area contributed by atoms with Gasteiger partial charge in [0.15, 0.2) is 5.82 Å². The molecule has 2 rings (SSSR count). The third-order valence-electron chi connectivity index (χ3n) is 2.95. The van der Waals surface area contributed by atoms with Gasteiger partial charge in [0, 0.05) is 13.2 Å². The minimum absolute atomic E-state index is 0.233. The van der Waals surface area contributed by atoms with Crippen LogP contribution < -0.4 is 0 Å². The second-order valence-electron chi connectivity index (χ2n) is 4.00. The van der Waals surface area contributed by atoms with E-state index in [4.69, 9.17) is 4.74 Å². The smallest absolute Gasteiger partial charge is 0.165 e. The summed E-state index contributed by atoms with van der Waals surface area (Å²) in [5, 5.41) is 9.19. The molecule has 0 radical (unpaired) electrons. The summed E-state index contributed by atoms with van der Waals surface area (Å²) in [4.78, 5) is 0. The fraction of sp³-hybridized carbons (Fsp3) is 0.800. The summed E-state index contributed by atoms with van der Waals surface area (Å²) in [6, 6.07) is 0. The molecule has 2 heterocycles. The summed E-state index contributed by atoms with van der Waals surface area (Å²) in [6.07, 6.45) is 2.14. The minimum atomic E-state index is -0.233. The molecular weight excluding hydrogens is 258 g/mol. The molecule has 4 nitrogen and oxygen atoms in total. The van der Waals surface area contributed by atoms with Crippen molar-refractivity contribution in [2.24, 2.45) is 0 Å². The zero-order valence-corrected chi connectivity index (χ0v) is 10.7. The first-order valence-corrected chi connectivity index (χ1v) is 6.46. The van der Waals surface area contributed by atoms with Gasteiger partial charge < -0.3 is 9.30 Å². The Morgan fingerprint density at radius 2 is 2.33 bits per heavy atom. The topological polar surface area (TPSA) is 39.9 Å². The summed E-state index contributed by atoms with van der Waals surface area (Å²) < 4.78 is 7.93. The van der Waals surface area contributed by atoms with E-state index in [0.29, 0.717) is 0 Å². The van der Waals surface area contributed by atoms with E-state index in [0.717, 1.165) is 43.0 Å². The molecule has 0 bridgehead atoms. The van der Waals surface area contributed by atoms with E-state index in [1.54, 1.807) is 0 Å². The van der Waals surface area contributed by atoms with Gasteiger partial charge in [0.05, 0.1) is 5.33 Å². The molecular formula is C10H16BrN3O. The van der Waals surface area contributed by atoms with E-state index in [2.05, 4.69) is 44.5 Å². The molecule has 0 saturated carbocycles. The van der Waals surface area contributed by atoms with Gasteiger partial charge in [-0.15, -0.1) is 10.2 Å². The van der Waals surface area contributed by atoms with Crippen LogP contribution in [-0.4, -0.2) is 21.4 Å². The predicted molar refractivity (Wildman–Crippen MR) is 60.9 cm³/mol. The van der Waals surface area contributed by atoms with Crippen molar-refractivity contribution in [1.82, 2.24) is 14.8 Å². The number of hydrogen-bond donors (Lipinski definition) is 0. The van der Waals surface area contributed by atoms with E-state index in [1.807, 2.05) is 0 Å². The maximum absolute atomic E-state index is 5.79. The fourth-order valence-corrected chi connectivity index (χ4v) is 2.53. The van der Waals surface area contributed by atoms with Gasteiger partial charge >= 0.3 is 0 Å². The predicted octanol–water partition coefficient (Wildman–Crippen LogP) is 2.22. The molecule has 1 aliphatic heterocycles. The van der Waals surface area contributed by atoms with Gasteiger partial charge in [-0.25, -0.2) is 0 Å². The lowest BCUT2D eigenvalue weighted by molar-refractivity contribution is 0.00623. The maximum atomic E-state index is 5.79. The molecule has 0 amide bonds. The molecule has 15 heavy (non-hydrogen) atoms. The highest BCUT2D eigenvalue weighted by Crippen LogP contribution is 2.34. The highest BCUT2D eigenvalue weighted by atomic mass is 79.9. The van der Waals surface area contributed by atoms with Crippen LogP contribution in [0.5, 0.6) is 0 Å². The number of rotatable bonds is 3. The lowest BCUT2D eigenvalue weighted by Gasteiger charge is -2.22. The number of halogens is 1. The Kier molecular flexibility index (Phi) is 3.11. The van der Waals surface area contributed by atoms with E-state index in [1.165, 1.54) is 0 Å². The molecule has 5 heteroatoms. The van der Waals surface area contributed by atoms with Crippen LogP contribution in [0.1, 0.15) is 38.3 Å². The number of ether oxygens (including phenoxy) is 1. The lowest BCUT2D eigenvalue weighted by atomic mass is 10.0. The van der Waals surface area contributed by atoms with E-state index >= 15 is 0 Å². The Morgan fingerprint density at radius 1 is 1.53 bits per heavy atom. The van der Waals surface area contributed by atoms with Crippen molar-refractivity contribution in [3.05, 3.63) is 11.6 Å². The van der Waals surface area contributed by atoms with Gasteiger partial charge in [-0.2, -0.15) is 0 Å². The number of hydrogen-bond acceptors (Lipinski definition) is 3. The summed E-state index contributed by atoms with van der Waals surface area (Å²) in [7, 11) is 0. The normalized spacial score (nSPS) is 26.1. The molecule has 1 aromatic rings. The van der Waals surface area contributed by atoms with Crippen molar-refractivity contribution in [2.45, 2.75) is 44.2 Å². The molecule has 0 aromatic carbocycles. The molecule has 0 spiro atoms. The van der Waals surface area contributed by atoms with Crippen molar-refractivity contribution in [3.63, 3.8) is 0 Å². The van der Waals surface area contributed by atoms with Crippen LogP contribution in [0.2, 0.25) is 0 Å². The number of aromatic nitrogens is 3. The molecule has 84 valence electrons. The zero-order chi connectivity index (χ0) is 10.9. The van der Waals surface area contributed by atoms with Gasteiger partial charge in [-0.1, -0.05) is 15.9 Å². The molecule has 0 N–H and O–H groups in total. The van der Waals surface area contributed by atoms with Crippen LogP contribution in [0.3, 0.4) is 0 Å². The largest absolute Gasteiger partial charge is 0.367 e. The van der Waals surface area contributed by atoms with E-state index < -0.39 is 0 Å². The summed E-state index contributed by atoms with van der Waals surface area (Å²) in [5.74, 6) is 1.95. The van der Waals surface area contributed by atoms with Crippen molar-refractivity contribution < 1.29 is 4.74 Å². The summed E-state index contributed by atoms with van der Waals surface area (Å²) >= 11 is 3.42. The van der Waals surface area contributed by atoms with E-state index in [-0.39, 0.29) is 5.60 Å². The first-order valence-electron chi connectivity index (χ1n) is 5.33. The second kappa shape index (κ2) is 4.22. The molecule has 0 aliphatic carbocycles. The van der Waals surface area contributed by atoms with Crippen molar-refractivity contribution in [1.29, 1.82) is 0 Å². The quantitative estimate of drug-likeness (QED) is 0.793. The lowest BCUT2D eigenvalue weighted by Crippen LogP contribution is -2.25. The van der Waals surface area contributed by atoms with Gasteiger partial charge in [0.25, 0.3) is 0 Å². The van der Waals surface area contributed by atoms with Crippen LogP contribution in [0.15, 0.2) is 0 Å². The Labute approximate surface area is 98.2 Å². The summed E-state index contributed by atoms with van der Waals surface area (Å²) in [5.41, 5.74) is -0.233. The average Bonchev–Trinajstić information content (AvgIpc) is 2.83. The SMILES string of the molecule is CCn1c(CBr)nnc1C1(C)CCCO1. The van der Waals surface area contributed by atoms with E-state index in [9.17, 15) is 0 Å². The third kappa shape index (κ3) is 1.83. The average molecular weight is 274 g/mol. The molecule has 1 fully saturated rings. The monoisotopic (exact) mass is 273 g/mol. The minimum Gasteiger partial charge on any atom is -0.367 e.